The normalized spacial score (nSPS) is 11.3. The van der Waals surface area contributed by atoms with Crippen molar-refractivity contribution in [3.63, 3.8) is 0 Å². The molecule has 100 valence electrons. The predicted molar refractivity (Wildman–Crippen MR) is 64.4 cm³/mol. The van der Waals surface area contributed by atoms with Gasteiger partial charge in [-0.1, -0.05) is 0 Å². The highest BCUT2D eigenvalue weighted by Crippen LogP contribution is 2.18. The zero-order valence-corrected chi connectivity index (χ0v) is 10.3. The lowest BCUT2D eigenvalue weighted by Gasteiger charge is -2.05. The van der Waals surface area contributed by atoms with Gasteiger partial charge in [-0.05, 0) is 30.3 Å². The first kappa shape index (κ1) is 13.2. The number of nitrogens with two attached hydrogens (primary N) is 1. The number of carbonyl (C=O) groups excluding carboxylic acids is 1. The van der Waals surface area contributed by atoms with Crippen molar-refractivity contribution in [1.82, 2.24) is 0 Å². The smallest absolute Gasteiger partial charge is 0.291 e. The van der Waals surface area contributed by atoms with Gasteiger partial charge in [0.1, 0.15) is 5.82 Å². The minimum atomic E-state index is -4.05. The maximum absolute atomic E-state index is 13.3. The summed E-state index contributed by atoms with van der Waals surface area (Å²) in [4.78, 5) is 11.2. The van der Waals surface area contributed by atoms with Crippen LogP contribution in [0.2, 0.25) is 0 Å². The number of benzene rings is 1. The van der Waals surface area contributed by atoms with E-state index in [1.807, 2.05) is 0 Å². The molecule has 1 aromatic carbocycles. The van der Waals surface area contributed by atoms with E-state index in [9.17, 15) is 17.6 Å². The largest absolute Gasteiger partial charge is 0.459 e. The van der Waals surface area contributed by atoms with E-state index in [-0.39, 0.29) is 11.4 Å². The number of sulfonamides is 1. The third kappa shape index (κ3) is 3.18. The van der Waals surface area contributed by atoms with Gasteiger partial charge in [0.15, 0.2) is 5.76 Å². The Labute approximate surface area is 108 Å². The second-order valence-electron chi connectivity index (χ2n) is 3.65. The van der Waals surface area contributed by atoms with Gasteiger partial charge < -0.3 is 9.73 Å². The van der Waals surface area contributed by atoms with Gasteiger partial charge in [0.25, 0.3) is 5.91 Å². The molecule has 0 unspecified atom stereocenters. The minimum absolute atomic E-state index is 0.0152. The first-order valence-corrected chi connectivity index (χ1v) is 6.59. The van der Waals surface area contributed by atoms with Crippen LogP contribution in [0.3, 0.4) is 0 Å². The summed E-state index contributed by atoms with van der Waals surface area (Å²) in [6.45, 7) is 0. The highest BCUT2D eigenvalue weighted by atomic mass is 32.2. The van der Waals surface area contributed by atoms with Crippen molar-refractivity contribution in [3.05, 3.63) is 48.2 Å². The van der Waals surface area contributed by atoms with Crippen molar-refractivity contribution >= 4 is 21.6 Å². The molecule has 0 aliphatic carbocycles. The quantitative estimate of drug-likeness (QED) is 0.887. The van der Waals surface area contributed by atoms with Crippen LogP contribution in [0.1, 0.15) is 10.6 Å². The number of carbonyl (C=O) groups is 1. The number of furan rings is 1. The number of primary sulfonamides is 1. The molecule has 0 spiro atoms. The molecular weight excluding hydrogens is 275 g/mol. The number of rotatable bonds is 3. The molecule has 0 fully saturated rings. The van der Waals surface area contributed by atoms with E-state index < -0.39 is 26.6 Å². The first-order chi connectivity index (χ1) is 8.86. The molecule has 0 aliphatic heterocycles. The molecule has 6 nitrogen and oxygen atoms in total. The summed E-state index contributed by atoms with van der Waals surface area (Å²) in [5.74, 6) is -1.45. The van der Waals surface area contributed by atoms with Crippen LogP contribution in [0.15, 0.2) is 45.9 Å². The average molecular weight is 284 g/mol. The molecule has 1 amide bonds. The van der Waals surface area contributed by atoms with Crippen LogP contribution in [0.5, 0.6) is 0 Å². The van der Waals surface area contributed by atoms with Gasteiger partial charge in [0.2, 0.25) is 10.0 Å². The summed E-state index contributed by atoms with van der Waals surface area (Å²) in [5.41, 5.74) is -0.0366. The summed E-state index contributed by atoms with van der Waals surface area (Å²) >= 11 is 0. The Morgan fingerprint density at radius 3 is 2.63 bits per heavy atom. The van der Waals surface area contributed by atoms with Gasteiger partial charge in [-0.3, -0.25) is 4.79 Å². The van der Waals surface area contributed by atoms with Crippen LogP contribution in [0, 0.1) is 5.82 Å². The third-order valence-corrected chi connectivity index (χ3v) is 3.10. The molecule has 8 heteroatoms. The van der Waals surface area contributed by atoms with Gasteiger partial charge in [0.05, 0.1) is 11.2 Å². The Morgan fingerprint density at radius 2 is 2.05 bits per heavy atom. The zero-order valence-electron chi connectivity index (χ0n) is 9.46. The lowest BCUT2D eigenvalue weighted by atomic mass is 10.3. The van der Waals surface area contributed by atoms with Crippen LogP contribution < -0.4 is 10.5 Å². The van der Waals surface area contributed by atoms with E-state index in [4.69, 9.17) is 9.56 Å². The van der Waals surface area contributed by atoms with Crippen LogP contribution in [-0.4, -0.2) is 14.3 Å². The summed E-state index contributed by atoms with van der Waals surface area (Å²) in [6, 6.07) is 5.71. The molecule has 0 saturated carbocycles. The monoisotopic (exact) mass is 284 g/mol. The number of hydrogen-bond acceptors (Lipinski definition) is 4. The molecule has 1 aromatic heterocycles. The molecule has 3 N–H and O–H groups in total. The number of nitrogens with one attached hydrogen (secondary N) is 1. The molecule has 0 atom stereocenters. The number of halogens is 1. The van der Waals surface area contributed by atoms with Crippen LogP contribution in [-0.2, 0) is 10.0 Å². The van der Waals surface area contributed by atoms with E-state index >= 15 is 0 Å². The lowest BCUT2D eigenvalue weighted by Crippen LogP contribution is -2.15. The topological polar surface area (TPSA) is 102 Å². The molecule has 0 saturated heterocycles. The van der Waals surface area contributed by atoms with Gasteiger partial charge in [-0.15, -0.1) is 0 Å². The number of hydrogen-bond donors (Lipinski definition) is 2. The van der Waals surface area contributed by atoms with Crippen LogP contribution >= 0.6 is 0 Å². The predicted octanol–water partition coefficient (Wildman–Crippen LogP) is 1.32. The minimum Gasteiger partial charge on any atom is -0.459 e. The van der Waals surface area contributed by atoms with Crippen molar-refractivity contribution in [2.45, 2.75) is 4.90 Å². The average Bonchev–Trinajstić information content (AvgIpc) is 2.80. The van der Waals surface area contributed by atoms with Crippen LogP contribution in [0.25, 0.3) is 0 Å². The van der Waals surface area contributed by atoms with Gasteiger partial charge in [-0.25, -0.2) is 17.9 Å². The highest BCUT2D eigenvalue weighted by Gasteiger charge is 2.14. The Kier molecular flexibility index (Phi) is 3.36. The molecule has 2 rings (SSSR count). The standard InChI is InChI=1S/C11H9FN2O4S/c12-7-4-8(6-9(5-7)19(13,16)17)14-11(15)10-2-1-3-18-10/h1-6H,(H,14,15)(H2,13,16,17). The van der Waals surface area contributed by atoms with Gasteiger partial charge in [0, 0.05) is 5.69 Å². The molecule has 0 radical (unpaired) electrons. The fourth-order valence-electron chi connectivity index (χ4n) is 1.40. The fourth-order valence-corrected chi connectivity index (χ4v) is 1.97. The molecular formula is C11H9FN2O4S. The Balaban J connectivity index is 2.31. The Hall–Kier alpha value is -2.19. The summed E-state index contributed by atoms with van der Waals surface area (Å²) in [5, 5.41) is 7.20. The molecule has 19 heavy (non-hydrogen) atoms. The van der Waals surface area contributed by atoms with E-state index in [1.165, 1.54) is 18.4 Å². The van der Waals surface area contributed by atoms with Gasteiger partial charge in [-0.2, -0.15) is 0 Å². The van der Waals surface area contributed by atoms with Crippen molar-refractivity contribution in [2.24, 2.45) is 5.14 Å². The highest BCUT2D eigenvalue weighted by molar-refractivity contribution is 7.89. The van der Waals surface area contributed by atoms with Crippen molar-refractivity contribution in [2.75, 3.05) is 5.32 Å². The molecule has 0 aliphatic rings. The SMILES string of the molecule is NS(=O)(=O)c1cc(F)cc(NC(=O)c2ccco2)c1. The second-order valence-corrected chi connectivity index (χ2v) is 5.21. The van der Waals surface area contributed by atoms with Crippen molar-refractivity contribution in [3.8, 4) is 0 Å². The lowest BCUT2D eigenvalue weighted by molar-refractivity contribution is 0.0996. The second kappa shape index (κ2) is 4.82. The van der Waals surface area contributed by atoms with Crippen molar-refractivity contribution < 1.29 is 22.0 Å². The maximum atomic E-state index is 13.3. The Morgan fingerprint density at radius 1 is 1.32 bits per heavy atom. The fraction of sp³-hybridized carbons (Fsp3) is 0. The zero-order chi connectivity index (χ0) is 14.0. The number of anilines is 1. The Bertz CT molecular complexity index is 710. The van der Waals surface area contributed by atoms with E-state index in [1.54, 1.807) is 0 Å². The van der Waals surface area contributed by atoms with E-state index in [0.29, 0.717) is 0 Å². The summed E-state index contributed by atoms with van der Waals surface area (Å²) in [6.07, 6.45) is 1.30. The third-order valence-electron chi connectivity index (χ3n) is 2.20. The molecule has 0 bridgehead atoms. The van der Waals surface area contributed by atoms with Crippen molar-refractivity contribution in [1.29, 1.82) is 0 Å². The molecule has 2 aromatic rings. The first-order valence-electron chi connectivity index (χ1n) is 5.04. The molecule has 1 heterocycles. The van der Waals surface area contributed by atoms with E-state index in [2.05, 4.69) is 5.32 Å². The van der Waals surface area contributed by atoms with E-state index in [0.717, 1.165) is 18.2 Å². The summed E-state index contributed by atoms with van der Waals surface area (Å²) < 4.78 is 40.4. The number of amides is 1. The van der Waals surface area contributed by atoms with Crippen LogP contribution in [0.4, 0.5) is 10.1 Å². The maximum Gasteiger partial charge on any atom is 0.291 e. The summed E-state index contributed by atoms with van der Waals surface area (Å²) in [7, 11) is -4.05. The van der Waals surface area contributed by atoms with Gasteiger partial charge >= 0.3 is 0 Å².